The summed E-state index contributed by atoms with van der Waals surface area (Å²) in [6, 6.07) is 6.06. The fourth-order valence-corrected chi connectivity index (χ4v) is 2.59. The molecule has 2 aromatic heterocycles. The van der Waals surface area contributed by atoms with Gasteiger partial charge < -0.3 is 14.5 Å². The van der Waals surface area contributed by atoms with Gasteiger partial charge in [0, 0.05) is 38.4 Å². The highest BCUT2D eigenvalue weighted by molar-refractivity contribution is 5.46. The van der Waals surface area contributed by atoms with Crippen molar-refractivity contribution in [3.8, 4) is 5.88 Å². The van der Waals surface area contributed by atoms with Gasteiger partial charge in [-0.15, -0.1) is 0 Å². The molecule has 0 saturated carbocycles. The van der Waals surface area contributed by atoms with Crippen molar-refractivity contribution in [2.75, 3.05) is 42.6 Å². The maximum Gasteiger partial charge on any atom is 0.218 e. The molecule has 6 heteroatoms. The predicted octanol–water partition coefficient (Wildman–Crippen LogP) is 1.91. The van der Waals surface area contributed by atoms with E-state index < -0.39 is 0 Å². The van der Waals surface area contributed by atoms with Crippen LogP contribution in [0, 0.1) is 6.92 Å². The molecule has 0 spiro atoms. The minimum atomic E-state index is 0.614. The van der Waals surface area contributed by atoms with Crippen molar-refractivity contribution in [2.45, 2.75) is 13.8 Å². The summed E-state index contributed by atoms with van der Waals surface area (Å²) < 4.78 is 5.44. The number of aryl methyl sites for hydroxylation is 1. The van der Waals surface area contributed by atoms with Crippen LogP contribution in [0.3, 0.4) is 0 Å². The van der Waals surface area contributed by atoms with Gasteiger partial charge >= 0.3 is 0 Å². The van der Waals surface area contributed by atoms with Crippen molar-refractivity contribution in [3.63, 3.8) is 0 Å². The Labute approximate surface area is 130 Å². The highest BCUT2D eigenvalue weighted by atomic mass is 16.5. The van der Waals surface area contributed by atoms with Crippen LogP contribution in [0.2, 0.25) is 0 Å². The van der Waals surface area contributed by atoms with E-state index in [0.717, 1.165) is 37.8 Å². The lowest BCUT2D eigenvalue weighted by Crippen LogP contribution is -2.47. The van der Waals surface area contributed by atoms with Crippen LogP contribution in [0.4, 0.5) is 11.6 Å². The summed E-state index contributed by atoms with van der Waals surface area (Å²) in [6.45, 7) is 8.36. The van der Waals surface area contributed by atoms with Gasteiger partial charge in [0.25, 0.3) is 0 Å². The van der Waals surface area contributed by atoms with Crippen molar-refractivity contribution >= 4 is 11.6 Å². The highest BCUT2D eigenvalue weighted by Crippen LogP contribution is 2.20. The Hall–Kier alpha value is -2.37. The van der Waals surface area contributed by atoms with Crippen LogP contribution in [0.1, 0.15) is 12.5 Å². The zero-order valence-electron chi connectivity index (χ0n) is 13.1. The lowest BCUT2D eigenvalue weighted by Gasteiger charge is -2.36. The van der Waals surface area contributed by atoms with Crippen LogP contribution in [-0.4, -0.2) is 47.7 Å². The molecule has 0 radical (unpaired) electrons. The molecule has 6 nitrogen and oxygen atoms in total. The number of aromatic nitrogens is 3. The summed E-state index contributed by atoms with van der Waals surface area (Å²) in [4.78, 5) is 17.5. The van der Waals surface area contributed by atoms with Crippen LogP contribution in [0.15, 0.2) is 30.7 Å². The molecule has 1 saturated heterocycles. The molecule has 1 fully saturated rings. The molecule has 0 bridgehead atoms. The van der Waals surface area contributed by atoms with Crippen LogP contribution >= 0.6 is 0 Å². The quantitative estimate of drug-likeness (QED) is 0.859. The molecule has 1 aliphatic heterocycles. The predicted molar refractivity (Wildman–Crippen MR) is 86.6 cm³/mol. The minimum absolute atomic E-state index is 0.614. The maximum absolute atomic E-state index is 5.44. The van der Waals surface area contributed by atoms with Crippen LogP contribution < -0.4 is 14.5 Å². The zero-order valence-corrected chi connectivity index (χ0v) is 13.1. The molecule has 0 aromatic carbocycles. The molecule has 3 rings (SSSR count). The molecule has 116 valence electrons. The number of pyridine rings is 1. The molecule has 3 heterocycles. The molecule has 0 unspecified atom stereocenters. The van der Waals surface area contributed by atoms with Gasteiger partial charge in [0.1, 0.15) is 18.0 Å². The normalized spacial score (nSPS) is 15.0. The largest absolute Gasteiger partial charge is 0.478 e. The van der Waals surface area contributed by atoms with E-state index in [2.05, 4.69) is 37.7 Å². The van der Waals surface area contributed by atoms with Crippen molar-refractivity contribution in [1.82, 2.24) is 15.0 Å². The molecule has 1 aliphatic rings. The first-order valence-corrected chi connectivity index (χ1v) is 7.63. The number of anilines is 2. The van der Waals surface area contributed by atoms with Gasteiger partial charge in [0.15, 0.2) is 0 Å². The molecular formula is C16H21N5O. The Morgan fingerprint density at radius 2 is 1.68 bits per heavy atom. The monoisotopic (exact) mass is 299 g/mol. The van der Waals surface area contributed by atoms with Gasteiger partial charge in [0.2, 0.25) is 5.88 Å². The fourth-order valence-electron chi connectivity index (χ4n) is 2.59. The Morgan fingerprint density at radius 1 is 1.00 bits per heavy atom. The Balaban J connectivity index is 1.65. The van der Waals surface area contributed by atoms with E-state index in [1.54, 1.807) is 6.33 Å². The number of rotatable bonds is 4. The molecular weight excluding hydrogens is 278 g/mol. The second-order valence-electron chi connectivity index (χ2n) is 5.31. The molecule has 22 heavy (non-hydrogen) atoms. The Kier molecular flexibility index (Phi) is 4.37. The number of hydrogen-bond donors (Lipinski definition) is 0. The van der Waals surface area contributed by atoms with E-state index in [4.69, 9.17) is 4.74 Å². The summed E-state index contributed by atoms with van der Waals surface area (Å²) >= 11 is 0. The number of hydrogen-bond acceptors (Lipinski definition) is 6. The van der Waals surface area contributed by atoms with Gasteiger partial charge in [-0.3, -0.25) is 0 Å². The van der Waals surface area contributed by atoms with Crippen LogP contribution in [0.5, 0.6) is 5.88 Å². The summed E-state index contributed by atoms with van der Waals surface area (Å²) in [7, 11) is 0. The standard InChI is InChI=1S/C16H21N5O/c1-3-22-16-11-15(18-12-19-16)21-8-6-20(7-9-21)14-10-13(2)4-5-17-14/h4-5,10-12H,3,6-9H2,1-2H3. The third-order valence-electron chi connectivity index (χ3n) is 3.75. The van der Waals surface area contributed by atoms with Crippen molar-refractivity contribution in [2.24, 2.45) is 0 Å². The van der Waals surface area contributed by atoms with E-state index in [9.17, 15) is 0 Å². The Morgan fingerprint density at radius 3 is 2.32 bits per heavy atom. The van der Waals surface area contributed by atoms with Gasteiger partial charge in [-0.25, -0.2) is 15.0 Å². The van der Waals surface area contributed by atoms with Gasteiger partial charge in [-0.1, -0.05) is 0 Å². The lowest BCUT2D eigenvalue weighted by atomic mass is 10.2. The summed E-state index contributed by atoms with van der Waals surface area (Å²) in [6.07, 6.45) is 3.44. The third-order valence-corrected chi connectivity index (χ3v) is 3.75. The second-order valence-corrected chi connectivity index (χ2v) is 5.31. The molecule has 2 aromatic rings. The maximum atomic E-state index is 5.44. The van der Waals surface area contributed by atoms with E-state index in [1.165, 1.54) is 5.56 Å². The minimum Gasteiger partial charge on any atom is -0.478 e. The highest BCUT2D eigenvalue weighted by Gasteiger charge is 2.19. The Bertz CT molecular complexity index is 625. The van der Waals surface area contributed by atoms with Gasteiger partial charge in [-0.05, 0) is 31.5 Å². The van der Waals surface area contributed by atoms with Crippen molar-refractivity contribution in [1.29, 1.82) is 0 Å². The van der Waals surface area contributed by atoms with Gasteiger partial charge in [0.05, 0.1) is 6.61 Å². The molecule has 0 amide bonds. The first-order chi connectivity index (χ1) is 10.8. The average molecular weight is 299 g/mol. The molecule has 0 N–H and O–H groups in total. The average Bonchev–Trinajstić information content (AvgIpc) is 2.56. The third kappa shape index (κ3) is 3.27. The first-order valence-electron chi connectivity index (χ1n) is 7.63. The van der Waals surface area contributed by atoms with E-state index in [0.29, 0.717) is 12.5 Å². The molecule has 0 atom stereocenters. The SMILES string of the molecule is CCOc1cc(N2CCN(c3cc(C)ccn3)CC2)ncn1. The van der Waals surface area contributed by atoms with E-state index in [-0.39, 0.29) is 0 Å². The zero-order chi connectivity index (χ0) is 15.4. The molecule has 0 aliphatic carbocycles. The van der Waals surface area contributed by atoms with Crippen molar-refractivity contribution in [3.05, 3.63) is 36.3 Å². The topological polar surface area (TPSA) is 54.4 Å². The van der Waals surface area contributed by atoms with Crippen LogP contribution in [0.25, 0.3) is 0 Å². The second kappa shape index (κ2) is 6.60. The number of piperazine rings is 1. The first kappa shape index (κ1) is 14.6. The summed E-state index contributed by atoms with van der Waals surface area (Å²) in [5.41, 5.74) is 1.24. The summed E-state index contributed by atoms with van der Waals surface area (Å²) in [5, 5.41) is 0. The van der Waals surface area contributed by atoms with Crippen molar-refractivity contribution < 1.29 is 4.74 Å². The summed E-state index contributed by atoms with van der Waals surface area (Å²) in [5.74, 6) is 2.61. The fraction of sp³-hybridized carbons (Fsp3) is 0.438. The van der Waals surface area contributed by atoms with E-state index >= 15 is 0 Å². The smallest absolute Gasteiger partial charge is 0.218 e. The van der Waals surface area contributed by atoms with E-state index in [1.807, 2.05) is 25.3 Å². The number of nitrogens with zero attached hydrogens (tertiary/aromatic N) is 5. The lowest BCUT2D eigenvalue weighted by molar-refractivity contribution is 0.326. The van der Waals surface area contributed by atoms with Gasteiger partial charge in [-0.2, -0.15) is 0 Å². The van der Waals surface area contributed by atoms with Crippen LogP contribution in [-0.2, 0) is 0 Å². The number of ether oxygens (including phenoxy) is 1.